The molecule has 0 bridgehead atoms. The predicted molar refractivity (Wildman–Crippen MR) is 89.5 cm³/mol. The minimum absolute atomic E-state index is 0.0677. The number of amidine groups is 2. The highest BCUT2D eigenvalue weighted by molar-refractivity contribution is 6.29. The topological polar surface area (TPSA) is 80.0 Å². The molecule has 0 radical (unpaired) electrons. The van der Waals surface area contributed by atoms with Gasteiger partial charge >= 0.3 is 0 Å². The van der Waals surface area contributed by atoms with Gasteiger partial charge in [0.15, 0.2) is 5.82 Å². The van der Waals surface area contributed by atoms with Crippen molar-refractivity contribution in [2.45, 2.75) is 58.0 Å². The number of nitrogens with zero attached hydrogens (tertiary/aromatic N) is 4. The third kappa shape index (κ3) is 2.35. The van der Waals surface area contributed by atoms with E-state index in [1.165, 1.54) is 12.8 Å². The molecule has 2 aliphatic rings. The predicted octanol–water partition coefficient (Wildman–Crippen LogP) is 3.45. The van der Waals surface area contributed by atoms with Crippen LogP contribution in [0.2, 0.25) is 5.28 Å². The van der Waals surface area contributed by atoms with Crippen LogP contribution in [0.15, 0.2) is 6.20 Å². The largest absolute Gasteiger partial charge is 0.342 e. The first-order valence-corrected chi connectivity index (χ1v) is 8.17. The molecule has 1 fully saturated rings. The Labute approximate surface area is 135 Å². The van der Waals surface area contributed by atoms with E-state index in [1.54, 1.807) is 18.0 Å². The highest BCUT2D eigenvalue weighted by Gasteiger charge is 2.41. The molecule has 1 aromatic rings. The minimum atomic E-state index is -0.0677. The van der Waals surface area contributed by atoms with Crippen LogP contribution in [0.3, 0.4) is 0 Å². The number of aromatic nitrogens is 2. The Kier molecular flexibility index (Phi) is 4.04. The summed E-state index contributed by atoms with van der Waals surface area (Å²) in [6.45, 7) is 3.76. The van der Waals surface area contributed by atoms with Crippen molar-refractivity contribution in [3.8, 4) is 0 Å². The highest BCUT2D eigenvalue weighted by atomic mass is 35.5. The number of anilines is 2. The van der Waals surface area contributed by atoms with Gasteiger partial charge in [-0.25, -0.2) is 4.98 Å². The van der Waals surface area contributed by atoms with Crippen LogP contribution in [0.4, 0.5) is 11.5 Å². The van der Waals surface area contributed by atoms with E-state index in [0.717, 1.165) is 25.1 Å². The SMILES string of the molecule is CC[C@@H]1C(=N)N(C(C)=N)c2cnc(Cl)nc2N1C1CCCC1. The molecule has 7 heteroatoms. The van der Waals surface area contributed by atoms with E-state index in [2.05, 4.69) is 21.8 Å². The molecule has 118 valence electrons. The molecule has 0 unspecified atom stereocenters. The fourth-order valence-corrected chi connectivity index (χ4v) is 3.74. The van der Waals surface area contributed by atoms with Gasteiger partial charge in [-0.2, -0.15) is 4.98 Å². The van der Waals surface area contributed by atoms with Gasteiger partial charge in [0.1, 0.15) is 17.4 Å². The van der Waals surface area contributed by atoms with Gasteiger partial charge in [-0.05, 0) is 37.8 Å². The maximum atomic E-state index is 8.57. The lowest BCUT2D eigenvalue weighted by molar-refractivity contribution is 0.547. The Bertz CT molecular complexity index is 610. The summed E-state index contributed by atoms with van der Waals surface area (Å²) in [5, 5.41) is 16.8. The molecule has 1 aromatic heterocycles. The highest BCUT2D eigenvalue weighted by Crippen LogP contribution is 2.40. The Morgan fingerprint density at radius 3 is 2.68 bits per heavy atom. The molecular formula is C15H21ClN6. The summed E-state index contributed by atoms with van der Waals surface area (Å²) in [5.74, 6) is 1.50. The van der Waals surface area contributed by atoms with Gasteiger partial charge in [-0.1, -0.05) is 19.8 Å². The first kappa shape index (κ1) is 15.2. The molecule has 1 aliphatic carbocycles. The third-order valence-corrected chi connectivity index (χ3v) is 4.72. The zero-order valence-electron chi connectivity index (χ0n) is 12.9. The summed E-state index contributed by atoms with van der Waals surface area (Å²) in [4.78, 5) is 12.4. The molecule has 0 amide bonds. The number of hydrogen-bond acceptors (Lipinski definition) is 5. The molecule has 1 aliphatic heterocycles. The maximum absolute atomic E-state index is 8.57. The molecule has 2 N–H and O–H groups in total. The standard InChI is InChI=1S/C15H21ClN6/c1-3-11-13(18)21(9(2)17)12-8-19-15(16)20-14(12)22(11)10-6-4-5-7-10/h8,10-11,17-18H,3-7H2,1-2H3/t11-/m1/s1. The smallest absolute Gasteiger partial charge is 0.224 e. The van der Waals surface area contributed by atoms with Crippen molar-refractivity contribution in [3.63, 3.8) is 0 Å². The van der Waals surface area contributed by atoms with Gasteiger partial charge in [0.25, 0.3) is 0 Å². The molecule has 2 heterocycles. The Morgan fingerprint density at radius 1 is 1.41 bits per heavy atom. The second-order valence-corrected chi connectivity index (χ2v) is 6.26. The molecular weight excluding hydrogens is 300 g/mol. The average Bonchev–Trinajstić information content (AvgIpc) is 2.99. The van der Waals surface area contributed by atoms with Crippen LogP contribution < -0.4 is 9.80 Å². The van der Waals surface area contributed by atoms with E-state index < -0.39 is 0 Å². The zero-order valence-corrected chi connectivity index (χ0v) is 13.7. The van der Waals surface area contributed by atoms with Crippen LogP contribution in [0.1, 0.15) is 46.0 Å². The van der Waals surface area contributed by atoms with Crippen molar-refractivity contribution < 1.29 is 0 Å². The maximum Gasteiger partial charge on any atom is 0.224 e. The van der Waals surface area contributed by atoms with Gasteiger partial charge in [0, 0.05) is 6.04 Å². The Balaban J connectivity index is 2.15. The fraction of sp³-hybridized carbons (Fsp3) is 0.600. The van der Waals surface area contributed by atoms with E-state index in [4.69, 9.17) is 22.4 Å². The summed E-state index contributed by atoms with van der Waals surface area (Å²) in [6, 6.07) is 0.324. The minimum Gasteiger partial charge on any atom is -0.342 e. The van der Waals surface area contributed by atoms with Crippen molar-refractivity contribution in [3.05, 3.63) is 11.5 Å². The van der Waals surface area contributed by atoms with E-state index in [0.29, 0.717) is 23.4 Å². The van der Waals surface area contributed by atoms with Crippen LogP contribution in [0, 0.1) is 10.8 Å². The van der Waals surface area contributed by atoms with Crippen molar-refractivity contribution in [2.24, 2.45) is 0 Å². The normalized spacial score (nSPS) is 22.1. The molecule has 1 atom stereocenters. The molecule has 0 aromatic carbocycles. The van der Waals surface area contributed by atoms with E-state index >= 15 is 0 Å². The summed E-state index contributed by atoms with van der Waals surface area (Å²) < 4.78 is 0. The average molecular weight is 321 g/mol. The summed E-state index contributed by atoms with van der Waals surface area (Å²) in [6.07, 6.45) is 7.10. The first-order valence-electron chi connectivity index (χ1n) is 7.79. The number of rotatable bonds is 2. The van der Waals surface area contributed by atoms with Gasteiger partial charge < -0.3 is 4.90 Å². The molecule has 1 saturated carbocycles. The summed E-state index contributed by atoms with van der Waals surface area (Å²) in [5.41, 5.74) is 0.693. The van der Waals surface area contributed by atoms with Crippen molar-refractivity contribution in [1.82, 2.24) is 9.97 Å². The second kappa shape index (κ2) is 5.83. The van der Waals surface area contributed by atoms with Gasteiger partial charge in [0.2, 0.25) is 5.28 Å². The first-order chi connectivity index (χ1) is 10.5. The van der Waals surface area contributed by atoms with Crippen molar-refractivity contribution in [1.29, 1.82) is 10.8 Å². The van der Waals surface area contributed by atoms with E-state index in [-0.39, 0.29) is 11.3 Å². The monoisotopic (exact) mass is 320 g/mol. The van der Waals surface area contributed by atoms with Crippen LogP contribution in [-0.4, -0.2) is 33.7 Å². The zero-order chi connectivity index (χ0) is 15.9. The fourth-order valence-electron chi connectivity index (χ4n) is 3.61. The van der Waals surface area contributed by atoms with Crippen LogP contribution in [0.25, 0.3) is 0 Å². The van der Waals surface area contributed by atoms with Gasteiger partial charge in [-0.3, -0.25) is 15.7 Å². The quantitative estimate of drug-likeness (QED) is 0.497. The van der Waals surface area contributed by atoms with Crippen molar-refractivity contribution in [2.75, 3.05) is 9.80 Å². The number of fused-ring (bicyclic) bond motifs is 1. The molecule has 6 nitrogen and oxygen atoms in total. The number of nitrogens with one attached hydrogen (secondary N) is 2. The Hall–Kier alpha value is -1.69. The van der Waals surface area contributed by atoms with Gasteiger partial charge in [-0.15, -0.1) is 0 Å². The summed E-state index contributed by atoms with van der Waals surface area (Å²) in [7, 11) is 0. The van der Waals surface area contributed by atoms with E-state index in [1.807, 2.05) is 0 Å². The van der Waals surface area contributed by atoms with Crippen LogP contribution in [0.5, 0.6) is 0 Å². The lowest BCUT2D eigenvalue weighted by atomic mass is 10.0. The molecule has 3 rings (SSSR count). The second-order valence-electron chi connectivity index (χ2n) is 5.92. The molecule has 22 heavy (non-hydrogen) atoms. The number of halogens is 1. The Morgan fingerprint density at radius 2 is 2.09 bits per heavy atom. The third-order valence-electron chi connectivity index (χ3n) is 4.54. The number of hydrogen-bond donors (Lipinski definition) is 2. The van der Waals surface area contributed by atoms with E-state index in [9.17, 15) is 0 Å². The molecule has 0 spiro atoms. The van der Waals surface area contributed by atoms with Crippen molar-refractivity contribution >= 4 is 34.8 Å². The van der Waals surface area contributed by atoms with Gasteiger partial charge in [0.05, 0.1) is 12.2 Å². The van der Waals surface area contributed by atoms with Crippen LogP contribution in [-0.2, 0) is 0 Å². The lowest BCUT2D eigenvalue weighted by Crippen LogP contribution is -2.57. The van der Waals surface area contributed by atoms with Crippen LogP contribution >= 0.6 is 11.6 Å². The molecule has 0 saturated heterocycles. The summed E-state index contributed by atoms with van der Waals surface area (Å²) >= 11 is 6.03. The lowest BCUT2D eigenvalue weighted by Gasteiger charge is -2.45.